The molecule has 0 aliphatic rings. The van der Waals surface area contributed by atoms with Gasteiger partial charge in [0.05, 0.1) is 6.04 Å². The molecule has 0 spiro atoms. The highest BCUT2D eigenvalue weighted by Gasteiger charge is 2.21. The summed E-state index contributed by atoms with van der Waals surface area (Å²) in [5.74, 6) is -2.37. The van der Waals surface area contributed by atoms with E-state index in [4.69, 9.17) is 10.2 Å². The summed E-state index contributed by atoms with van der Waals surface area (Å²) in [4.78, 5) is 33.0. The van der Waals surface area contributed by atoms with E-state index in [1.807, 2.05) is 16.8 Å². The van der Waals surface area contributed by atoms with Crippen LogP contribution in [0.15, 0.2) is 16.8 Å². The smallest absolute Gasteiger partial charge is 0.326 e. The van der Waals surface area contributed by atoms with Gasteiger partial charge in [-0.15, -0.1) is 0 Å². The average molecular weight is 300 g/mol. The molecule has 20 heavy (non-hydrogen) atoms. The van der Waals surface area contributed by atoms with Crippen molar-refractivity contribution in [1.29, 1.82) is 0 Å². The summed E-state index contributed by atoms with van der Waals surface area (Å²) in [6, 6.07) is -0.258. The van der Waals surface area contributed by atoms with Crippen molar-refractivity contribution < 1.29 is 24.6 Å². The lowest BCUT2D eigenvalue weighted by molar-refractivity contribution is -0.140. The second-order valence-electron chi connectivity index (χ2n) is 4.22. The number of rotatable bonds is 7. The molecule has 2 unspecified atom stereocenters. The van der Waals surface area contributed by atoms with E-state index >= 15 is 0 Å². The summed E-state index contributed by atoms with van der Waals surface area (Å²) in [5.41, 5.74) is 0.919. The third kappa shape index (κ3) is 5.27. The summed E-state index contributed by atoms with van der Waals surface area (Å²) in [7, 11) is 0. The Morgan fingerprint density at radius 3 is 2.50 bits per heavy atom. The zero-order chi connectivity index (χ0) is 15.1. The van der Waals surface area contributed by atoms with Gasteiger partial charge in [-0.05, 0) is 35.7 Å². The van der Waals surface area contributed by atoms with Gasteiger partial charge in [0.2, 0.25) is 0 Å². The second kappa shape index (κ2) is 7.49. The Morgan fingerprint density at radius 2 is 2.00 bits per heavy atom. The summed E-state index contributed by atoms with van der Waals surface area (Å²) >= 11 is 1.49. The molecule has 1 aromatic heterocycles. The van der Waals surface area contributed by atoms with Crippen LogP contribution >= 0.6 is 11.3 Å². The Bertz CT molecular complexity index is 474. The van der Waals surface area contributed by atoms with Crippen molar-refractivity contribution in [1.82, 2.24) is 10.6 Å². The Morgan fingerprint density at radius 1 is 1.30 bits per heavy atom. The second-order valence-corrected chi connectivity index (χ2v) is 5.00. The van der Waals surface area contributed by atoms with E-state index < -0.39 is 24.0 Å². The molecule has 7 nitrogen and oxygen atoms in total. The topological polar surface area (TPSA) is 116 Å². The van der Waals surface area contributed by atoms with Crippen molar-refractivity contribution in [3.63, 3.8) is 0 Å². The van der Waals surface area contributed by atoms with E-state index in [0.29, 0.717) is 0 Å². The van der Waals surface area contributed by atoms with Crippen molar-refractivity contribution in [2.75, 3.05) is 0 Å². The molecule has 1 heterocycles. The third-order valence-electron chi connectivity index (χ3n) is 2.64. The van der Waals surface area contributed by atoms with E-state index in [-0.39, 0.29) is 18.9 Å². The molecule has 110 valence electrons. The summed E-state index contributed by atoms with van der Waals surface area (Å²) in [5, 5.41) is 26.1. The molecule has 0 aliphatic carbocycles. The summed E-state index contributed by atoms with van der Waals surface area (Å²) in [6.45, 7) is 1.77. The highest BCUT2D eigenvalue weighted by Crippen LogP contribution is 2.15. The number of hydrogen-bond donors (Lipinski definition) is 4. The Kier molecular flexibility index (Phi) is 5.98. The Hall–Kier alpha value is -2.09. The van der Waals surface area contributed by atoms with Crippen LogP contribution in [-0.4, -0.2) is 34.2 Å². The van der Waals surface area contributed by atoms with Gasteiger partial charge in [0.25, 0.3) is 0 Å². The Labute approximate surface area is 119 Å². The zero-order valence-corrected chi connectivity index (χ0v) is 11.6. The van der Waals surface area contributed by atoms with Gasteiger partial charge in [0.15, 0.2) is 0 Å². The fourth-order valence-corrected chi connectivity index (χ4v) is 2.28. The molecule has 0 bridgehead atoms. The predicted octanol–water partition coefficient (Wildman–Crippen LogP) is 1.43. The zero-order valence-electron chi connectivity index (χ0n) is 10.8. The van der Waals surface area contributed by atoms with Crippen LogP contribution in [-0.2, 0) is 9.59 Å². The molecule has 0 radical (unpaired) electrons. The van der Waals surface area contributed by atoms with Crippen LogP contribution in [0.4, 0.5) is 4.79 Å². The molecule has 0 fully saturated rings. The molecule has 1 aromatic rings. The van der Waals surface area contributed by atoms with Crippen LogP contribution in [0, 0.1) is 0 Å². The van der Waals surface area contributed by atoms with Crippen molar-refractivity contribution >= 4 is 29.3 Å². The highest BCUT2D eigenvalue weighted by atomic mass is 32.1. The number of carboxylic acids is 2. The quantitative estimate of drug-likeness (QED) is 0.608. The highest BCUT2D eigenvalue weighted by molar-refractivity contribution is 7.07. The molecule has 4 N–H and O–H groups in total. The summed E-state index contributed by atoms with van der Waals surface area (Å²) < 4.78 is 0. The number of thiophene rings is 1. The van der Waals surface area contributed by atoms with Crippen LogP contribution in [0.25, 0.3) is 0 Å². The number of nitrogens with one attached hydrogen (secondary N) is 2. The molecular formula is C12H16N2O5S. The lowest BCUT2D eigenvalue weighted by atomic mass is 10.1. The molecule has 2 amide bonds. The van der Waals surface area contributed by atoms with Gasteiger partial charge in [-0.3, -0.25) is 4.79 Å². The van der Waals surface area contributed by atoms with Crippen molar-refractivity contribution in [2.24, 2.45) is 0 Å². The van der Waals surface area contributed by atoms with Crippen LogP contribution in [0.2, 0.25) is 0 Å². The van der Waals surface area contributed by atoms with Crippen molar-refractivity contribution in [3.05, 3.63) is 22.4 Å². The third-order valence-corrected chi connectivity index (χ3v) is 3.34. The number of aliphatic carboxylic acids is 2. The van der Waals surface area contributed by atoms with E-state index in [0.717, 1.165) is 5.56 Å². The molecule has 8 heteroatoms. The number of urea groups is 1. The Balaban J connectivity index is 2.49. The molecule has 0 saturated heterocycles. The lowest BCUT2D eigenvalue weighted by Gasteiger charge is -2.17. The van der Waals surface area contributed by atoms with Crippen molar-refractivity contribution in [2.45, 2.75) is 31.8 Å². The van der Waals surface area contributed by atoms with Gasteiger partial charge in [-0.2, -0.15) is 11.3 Å². The number of carbonyl (C=O) groups excluding carboxylic acids is 1. The van der Waals surface area contributed by atoms with Gasteiger partial charge >= 0.3 is 18.0 Å². The van der Waals surface area contributed by atoms with E-state index in [2.05, 4.69) is 10.6 Å². The lowest BCUT2D eigenvalue weighted by Crippen LogP contribution is -2.46. The predicted molar refractivity (Wildman–Crippen MR) is 72.7 cm³/mol. The molecule has 0 saturated carbocycles. The minimum Gasteiger partial charge on any atom is -0.481 e. The van der Waals surface area contributed by atoms with Gasteiger partial charge in [0.1, 0.15) is 6.04 Å². The fourth-order valence-electron chi connectivity index (χ4n) is 1.53. The molecule has 0 aliphatic heterocycles. The average Bonchev–Trinajstić information content (AvgIpc) is 2.87. The van der Waals surface area contributed by atoms with E-state index in [9.17, 15) is 14.4 Å². The number of carboxylic acid groups (broad SMARTS) is 2. The first-order valence-electron chi connectivity index (χ1n) is 5.94. The maximum atomic E-state index is 11.7. The first kappa shape index (κ1) is 16.0. The fraction of sp³-hybridized carbons (Fsp3) is 0.417. The molecule has 0 aromatic carbocycles. The first-order chi connectivity index (χ1) is 9.40. The standard InChI is InChI=1S/C12H16N2O5S/c1-7(8-4-5-20-6-8)13-12(19)14-9(11(17)18)2-3-10(15)16/h4-7,9H,2-3H2,1H3,(H,15,16)(H,17,18)(H2,13,14,19). The number of carbonyl (C=O) groups is 3. The van der Waals surface area contributed by atoms with Crippen LogP contribution < -0.4 is 10.6 Å². The van der Waals surface area contributed by atoms with Gasteiger partial charge < -0.3 is 20.8 Å². The SMILES string of the molecule is CC(NC(=O)NC(CCC(=O)O)C(=O)O)c1ccsc1. The normalized spacial score (nSPS) is 13.2. The minimum atomic E-state index is -1.26. The number of amides is 2. The maximum Gasteiger partial charge on any atom is 0.326 e. The monoisotopic (exact) mass is 300 g/mol. The largest absolute Gasteiger partial charge is 0.481 e. The van der Waals surface area contributed by atoms with E-state index in [1.165, 1.54) is 11.3 Å². The minimum absolute atomic E-state index is 0.162. The van der Waals surface area contributed by atoms with Crippen LogP contribution in [0.5, 0.6) is 0 Å². The number of hydrogen-bond acceptors (Lipinski definition) is 4. The van der Waals surface area contributed by atoms with Gasteiger partial charge in [-0.1, -0.05) is 0 Å². The van der Waals surface area contributed by atoms with Gasteiger partial charge in [0, 0.05) is 6.42 Å². The van der Waals surface area contributed by atoms with Gasteiger partial charge in [-0.25, -0.2) is 9.59 Å². The molecule has 1 rings (SSSR count). The first-order valence-corrected chi connectivity index (χ1v) is 6.88. The van der Waals surface area contributed by atoms with Crippen LogP contribution in [0.3, 0.4) is 0 Å². The maximum absolute atomic E-state index is 11.7. The van der Waals surface area contributed by atoms with Crippen LogP contribution in [0.1, 0.15) is 31.4 Å². The van der Waals surface area contributed by atoms with E-state index in [1.54, 1.807) is 6.92 Å². The molecule has 2 atom stereocenters. The summed E-state index contributed by atoms with van der Waals surface area (Å²) in [6.07, 6.45) is -0.484. The molecular weight excluding hydrogens is 284 g/mol. The van der Waals surface area contributed by atoms with Crippen molar-refractivity contribution in [3.8, 4) is 0 Å².